The summed E-state index contributed by atoms with van der Waals surface area (Å²) >= 11 is 1.74. The number of thioether (sulfide) groups is 1. The smallest absolute Gasteiger partial charge is 0.310 e. The third-order valence-corrected chi connectivity index (χ3v) is 5.30. The summed E-state index contributed by atoms with van der Waals surface area (Å²) in [6.07, 6.45) is 5.91. The van der Waals surface area contributed by atoms with Crippen molar-refractivity contribution in [1.29, 1.82) is 0 Å². The molecule has 1 aliphatic carbocycles. The Morgan fingerprint density at radius 3 is 2.45 bits per heavy atom. The van der Waals surface area contributed by atoms with Gasteiger partial charge in [0.25, 0.3) is 0 Å². The predicted octanol–water partition coefficient (Wildman–Crippen LogP) is 4.68. The largest absolute Gasteiger partial charge is 0.462 e. The van der Waals surface area contributed by atoms with Crippen LogP contribution in [0.1, 0.15) is 46.0 Å². The van der Waals surface area contributed by atoms with Gasteiger partial charge in [-0.3, -0.25) is 4.79 Å². The fraction of sp³-hybridized carbons (Fsp3) is 0.588. The molecule has 0 radical (unpaired) electrons. The summed E-state index contributed by atoms with van der Waals surface area (Å²) in [5.74, 6) is -0.102. The molecule has 0 heterocycles. The zero-order valence-corrected chi connectivity index (χ0v) is 13.2. The van der Waals surface area contributed by atoms with E-state index in [0.717, 1.165) is 12.8 Å². The van der Waals surface area contributed by atoms with E-state index in [0.29, 0.717) is 0 Å². The molecule has 0 bridgehead atoms. The van der Waals surface area contributed by atoms with Gasteiger partial charge in [-0.25, -0.2) is 0 Å². The number of carbonyl (C=O) groups excluding carboxylic acids is 1. The number of carbonyl (C=O) groups is 1. The van der Waals surface area contributed by atoms with Gasteiger partial charge in [0.15, 0.2) is 0 Å². The van der Waals surface area contributed by atoms with Crippen LogP contribution >= 0.6 is 11.8 Å². The fourth-order valence-corrected chi connectivity index (χ4v) is 3.52. The maximum absolute atomic E-state index is 12.2. The van der Waals surface area contributed by atoms with Crippen molar-refractivity contribution in [1.82, 2.24) is 0 Å². The monoisotopic (exact) mass is 292 g/mol. The van der Waals surface area contributed by atoms with E-state index in [1.54, 1.807) is 11.8 Å². The fourth-order valence-electron chi connectivity index (χ4n) is 2.46. The van der Waals surface area contributed by atoms with Crippen LogP contribution in [-0.2, 0) is 9.53 Å². The zero-order chi connectivity index (χ0) is 14.4. The Morgan fingerprint density at radius 2 is 1.80 bits per heavy atom. The molecule has 0 aliphatic heterocycles. The number of hydrogen-bond acceptors (Lipinski definition) is 3. The van der Waals surface area contributed by atoms with Crippen molar-refractivity contribution in [2.75, 3.05) is 0 Å². The van der Waals surface area contributed by atoms with Gasteiger partial charge in [-0.05, 0) is 37.8 Å². The standard InChI is InChI=1S/C17H24O2S/c1-13(14(2)20-16-11-7-4-8-12-16)17(18)19-15-9-5-3-6-10-15/h4,7-8,11-15H,3,5-6,9-10H2,1-2H3. The summed E-state index contributed by atoms with van der Waals surface area (Å²) in [7, 11) is 0. The van der Waals surface area contributed by atoms with Crippen molar-refractivity contribution >= 4 is 17.7 Å². The second-order valence-corrected chi connectivity index (χ2v) is 7.07. The first-order valence-electron chi connectivity index (χ1n) is 7.59. The minimum atomic E-state index is -0.0675. The molecular formula is C17H24O2S. The van der Waals surface area contributed by atoms with Gasteiger partial charge in [-0.2, -0.15) is 0 Å². The minimum Gasteiger partial charge on any atom is -0.462 e. The Morgan fingerprint density at radius 1 is 1.15 bits per heavy atom. The average Bonchev–Trinajstić information content (AvgIpc) is 2.48. The molecule has 0 aromatic heterocycles. The van der Waals surface area contributed by atoms with Crippen molar-refractivity contribution in [3.63, 3.8) is 0 Å². The van der Waals surface area contributed by atoms with E-state index in [2.05, 4.69) is 19.1 Å². The van der Waals surface area contributed by atoms with Crippen molar-refractivity contribution in [3.05, 3.63) is 30.3 Å². The molecular weight excluding hydrogens is 268 g/mol. The van der Waals surface area contributed by atoms with Gasteiger partial charge < -0.3 is 4.74 Å². The Kier molecular flexibility index (Phi) is 5.96. The van der Waals surface area contributed by atoms with Crippen LogP contribution in [0.5, 0.6) is 0 Å². The molecule has 110 valence electrons. The maximum atomic E-state index is 12.2. The summed E-state index contributed by atoms with van der Waals surface area (Å²) in [5.41, 5.74) is 0. The number of hydrogen-bond donors (Lipinski definition) is 0. The molecule has 2 unspecified atom stereocenters. The maximum Gasteiger partial charge on any atom is 0.310 e. The van der Waals surface area contributed by atoms with Crippen molar-refractivity contribution in [2.24, 2.45) is 5.92 Å². The molecule has 2 atom stereocenters. The van der Waals surface area contributed by atoms with Gasteiger partial charge >= 0.3 is 5.97 Å². The normalized spacial score (nSPS) is 19.3. The molecule has 1 saturated carbocycles. The lowest BCUT2D eigenvalue weighted by Crippen LogP contribution is -2.28. The van der Waals surface area contributed by atoms with E-state index in [1.165, 1.54) is 24.2 Å². The SMILES string of the molecule is CC(Sc1ccccc1)C(C)C(=O)OC1CCCCC1. The molecule has 3 heteroatoms. The molecule has 0 saturated heterocycles. The van der Waals surface area contributed by atoms with E-state index in [4.69, 9.17) is 4.74 Å². The highest BCUT2D eigenvalue weighted by atomic mass is 32.2. The molecule has 1 fully saturated rings. The summed E-state index contributed by atoms with van der Waals surface area (Å²) < 4.78 is 5.66. The average molecular weight is 292 g/mol. The minimum absolute atomic E-state index is 0.0344. The number of benzene rings is 1. The van der Waals surface area contributed by atoms with E-state index in [9.17, 15) is 4.79 Å². The number of esters is 1. The first-order chi connectivity index (χ1) is 9.66. The first-order valence-corrected chi connectivity index (χ1v) is 8.47. The second-order valence-electron chi connectivity index (χ2n) is 5.62. The quantitative estimate of drug-likeness (QED) is 0.582. The van der Waals surface area contributed by atoms with E-state index in [1.807, 2.05) is 25.1 Å². The van der Waals surface area contributed by atoms with E-state index >= 15 is 0 Å². The summed E-state index contributed by atoms with van der Waals surface area (Å²) in [4.78, 5) is 13.4. The lowest BCUT2D eigenvalue weighted by Gasteiger charge is -2.25. The highest BCUT2D eigenvalue weighted by Crippen LogP contribution is 2.29. The van der Waals surface area contributed by atoms with Crippen molar-refractivity contribution in [2.45, 2.75) is 62.2 Å². The van der Waals surface area contributed by atoms with Crippen LogP contribution in [0.2, 0.25) is 0 Å². The molecule has 2 rings (SSSR count). The van der Waals surface area contributed by atoms with Gasteiger partial charge in [-0.1, -0.05) is 38.5 Å². The Bertz CT molecular complexity index is 412. The van der Waals surface area contributed by atoms with Crippen LogP contribution in [0.25, 0.3) is 0 Å². The number of ether oxygens (including phenoxy) is 1. The van der Waals surface area contributed by atoms with Crippen molar-refractivity contribution < 1.29 is 9.53 Å². The summed E-state index contributed by atoms with van der Waals surface area (Å²) in [6, 6.07) is 10.2. The van der Waals surface area contributed by atoms with Crippen LogP contribution in [0.15, 0.2) is 35.2 Å². The molecule has 1 aliphatic rings. The molecule has 0 N–H and O–H groups in total. The van der Waals surface area contributed by atoms with Crippen molar-refractivity contribution in [3.8, 4) is 0 Å². The molecule has 0 amide bonds. The van der Waals surface area contributed by atoms with Crippen LogP contribution < -0.4 is 0 Å². The van der Waals surface area contributed by atoms with E-state index < -0.39 is 0 Å². The molecule has 1 aromatic rings. The van der Waals surface area contributed by atoms with Gasteiger partial charge in [-0.15, -0.1) is 11.8 Å². The van der Waals surface area contributed by atoms with Crippen LogP contribution in [0, 0.1) is 5.92 Å². The summed E-state index contributed by atoms with van der Waals surface area (Å²) in [5, 5.41) is 0.230. The van der Waals surface area contributed by atoms with Gasteiger partial charge in [0.05, 0.1) is 5.92 Å². The first kappa shape index (κ1) is 15.4. The lowest BCUT2D eigenvalue weighted by atomic mass is 9.97. The van der Waals surface area contributed by atoms with Gasteiger partial charge in [0.1, 0.15) is 6.10 Å². The molecule has 20 heavy (non-hydrogen) atoms. The number of rotatable bonds is 5. The van der Waals surface area contributed by atoms with Crippen LogP contribution in [0.3, 0.4) is 0 Å². The highest BCUT2D eigenvalue weighted by Gasteiger charge is 2.26. The Labute approximate surface area is 126 Å². The van der Waals surface area contributed by atoms with Gasteiger partial charge in [0.2, 0.25) is 0 Å². The van der Waals surface area contributed by atoms with Gasteiger partial charge in [0, 0.05) is 10.1 Å². The highest BCUT2D eigenvalue weighted by molar-refractivity contribution is 8.00. The molecule has 1 aromatic carbocycles. The predicted molar refractivity (Wildman–Crippen MR) is 83.9 cm³/mol. The molecule has 0 spiro atoms. The van der Waals surface area contributed by atoms with Crippen LogP contribution in [-0.4, -0.2) is 17.3 Å². The second kappa shape index (κ2) is 7.72. The third kappa shape index (κ3) is 4.55. The zero-order valence-electron chi connectivity index (χ0n) is 12.4. The Hall–Kier alpha value is -0.960. The topological polar surface area (TPSA) is 26.3 Å². The van der Waals surface area contributed by atoms with E-state index in [-0.39, 0.29) is 23.2 Å². The molecule has 2 nitrogen and oxygen atoms in total. The third-order valence-electron chi connectivity index (χ3n) is 3.98. The Balaban J connectivity index is 1.82. The summed E-state index contributed by atoms with van der Waals surface area (Å²) in [6.45, 7) is 4.08. The van der Waals surface area contributed by atoms with Crippen LogP contribution in [0.4, 0.5) is 0 Å². The lowest BCUT2D eigenvalue weighted by molar-refractivity contribution is -0.154.